The first-order valence-electron chi connectivity index (χ1n) is 5.74. The van der Waals surface area contributed by atoms with Gasteiger partial charge in [0.25, 0.3) is 5.91 Å². The van der Waals surface area contributed by atoms with Crippen LogP contribution in [0.4, 0.5) is 5.69 Å². The van der Waals surface area contributed by atoms with Crippen molar-refractivity contribution in [1.82, 2.24) is 4.98 Å². The minimum Gasteiger partial charge on any atom is -0.326 e. The first-order chi connectivity index (χ1) is 8.95. The zero-order valence-electron chi connectivity index (χ0n) is 10.6. The molecule has 0 saturated carbocycles. The standard InChI is InChI=1S/C14H13ClN2O2/c1-8-5-11(15)3-4-12(8)17-14(19)10-6-9(2)16-13(18)7-10/h3-7H,1-2H3,(H,16,18)(H,17,19). The minimum atomic E-state index is -0.320. The van der Waals surface area contributed by atoms with Gasteiger partial charge in [0.15, 0.2) is 0 Å². The molecule has 0 unspecified atom stereocenters. The number of aromatic amines is 1. The van der Waals surface area contributed by atoms with Crippen molar-refractivity contribution < 1.29 is 4.79 Å². The fraction of sp³-hybridized carbons (Fsp3) is 0.143. The van der Waals surface area contributed by atoms with Gasteiger partial charge in [0, 0.05) is 28.0 Å². The van der Waals surface area contributed by atoms with Crippen molar-refractivity contribution in [3.05, 3.63) is 62.5 Å². The third-order valence-electron chi connectivity index (χ3n) is 2.68. The summed E-state index contributed by atoms with van der Waals surface area (Å²) in [6.07, 6.45) is 0. The van der Waals surface area contributed by atoms with Crippen LogP contribution < -0.4 is 10.9 Å². The molecule has 5 heteroatoms. The Labute approximate surface area is 115 Å². The van der Waals surface area contributed by atoms with Gasteiger partial charge in [-0.1, -0.05) is 11.6 Å². The summed E-state index contributed by atoms with van der Waals surface area (Å²) in [6, 6.07) is 8.10. The second kappa shape index (κ2) is 5.28. The first-order valence-corrected chi connectivity index (χ1v) is 6.12. The Kier molecular flexibility index (Phi) is 3.71. The Morgan fingerprint density at radius 3 is 2.58 bits per heavy atom. The quantitative estimate of drug-likeness (QED) is 0.886. The Morgan fingerprint density at radius 2 is 1.95 bits per heavy atom. The van der Waals surface area contributed by atoms with Crippen LogP contribution >= 0.6 is 11.6 Å². The molecule has 0 radical (unpaired) electrons. The van der Waals surface area contributed by atoms with E-state index in [4.69, 9.17) is 11.6 Å². The molecule has 0 fully saturated rings. The summed E-state index contributed by atoms with van der Waals surface area (Å²) in [7, 11) is 0. The molecule has 1 heterocycles. The second-order valence-electron chi connectivity index (χ2n) is 4.33. The van der Waals surface area contributed by atoms with Gasteiger partial charge >= 0.3 is 0 Å². The molecule has 98 valence electrons. The van der Waals surface area contributed by atoms with E-state index in [0.29, 0.717) is 22.0 Å². The number of carbonyl (C=O) groups is 1. The van der Waals surface area contributed by atoms with Crippen molar-refractivity contribution in [3.63, 3.8) is 0 Å². The summed E-state index contributed by atoms with van der Waals surface area (Å²) in [5, 5.41) is 3.37. The Balaban J connectivity index is 2.28. The van der Waals surface area contributed by atoms with E-state index >= 15 is 0 Å². The Bertz CT molecular complexity index is 692. The van der Waals surface area contributed by atoms with Crippen molar-refractivity contribution in [1.29, 1.82) is 0 Å². The number of anilines is 1. The topological polar surface area (TPSA) is 62.0 Å². The smallest absolute Gasteiger partial charge is 0.255 e. The highest BCUT2D eigenvalue weighted by molar-refractivity contribution is 6.30. The van der Waals surface area contributed by atoms with Crippen LogP contribution in [-0.2, 0) is 0 Å². The lowest BCUT2D eigenvalue weighted by atomic mass is 10.1. The average molecular weight is 277 g/mol. The van der Waals surface area contributed by atoms with Gasteiger partial charge in [-0.3, -0.25) is 9.59 Å². The van der Waals surface area contributed by atoms with E-state index in [1.165, 1.54) is 6.07 Å². The molecule has 1 aromatic heterocycles. The number of aromatic nitrogens is 1. The van der Waals surface area contributed by atoms with Crippen LogP contribution in [0.15, 0.2) is 35.1 Å². The number of halogens is 1. The fourth-order valence-corrected chi connectivity index (χ4v) is 2.00. The van der Waals surface area contributed by atoms with Gasteiger partial charge in [0.05, 0.1) is 0 Å². The number of nitrogens with one attached hydrogen (secondary N) is 2. The Morgan fingerprint density at radius 1 is 1.21 bits per heavy atom. The Hall–Kier alpha value is -2.07. The van der Waals surface area contributed by atoms with Gasteiger partial charge in [-0.05, 0) is 43.7 Å². The van der Waals surface area contributed by atoms with Crippen LogP contribution in [0.1, 0.15) is 21.6 Å². The van der Waals surface area contributed by atoms with Gasteiger partial charge in [0.1, 0.15) is 0 Å². The van der Waals surface area contributed by atoms with Crippen LogP contribution in [0.3, 0.4) is 0 Å². The molecule has 0 atom stereocenters. The van der Waals surface area contributed by atoms with Crippen molar-refractivity contribution in [2.45, 2.75) is 13.8 Å². The van der Waals surface area contributed by atoms with Gasteiger partial charge < -0.3 is 10.3 Å². The molecule has 0 bridgehead atoms. The number of hydrogen-bond donors (Lipinski definition) is 2. The summed E-state index contributed by atoms with van der Waals surface area (Å²) >= 11 is 5.85. The normalized spacial score (nSPS) is 10.3. The number of aryl methyl sites for hydroxylation is 2. The molecule has 2 aromatic rings. The lowest BCUT2D eigenvalue weighted by Crippen LogP contribution is -2.17. The summed E-state index contributed by atoms with van der Waals surface area (Å²) in [5.41, 5.74) is 2.22. The lowest BCUT2D eigenvalue weighted by Gasteiger charge is -2.08. The third kappa shape index (κ3) is 3.23. The number of amides is 1. The molecule has 0 spiro atoms. The first kappa shape index (κ1) is 13.4. The summed E-state index contributed by atoms with van der Waals surface area (Å²) < 4.78 is 0. The number of carbonyl (C=O) groups excluding carboxylic acids is 1. The minimum absolute atomic E-state index is 0.294. The zero-order valence-corrected chi connectivity index (χ0v) is 11.3. The van der Waals surface area contributed by atoms with Crippen LogP contribution in [0.2, 0.25) is 5.02 Å². The molecular weight excluding hydrogens is 264 g/mol. The predicted molar refractivity (Wildman–Crippen MR) is 75.9 cm³/mol. The van der Waals surface area contributed by atoms with Crippen LogP contribution in [0, 0.1) is 13.8 Å². The van der Waals surface area contributed by atoms with Crippen LogP contribution in [0.25, 0.3) is 0 Å². The summed E-state index contributed by atoms with van der Waals surface area (Å²) in [5.74, 6) is -0.320. The molecule has 0 aliphatic rings. The number of rotatable bonds is 2. The molecular formula is C14H13ClN2O2. The second-order valence-corrected chi connectivity index (χ2v) is 4.77. The molecule has 19 heavy (non-hydrogen) atoms. The molecule has 4 nitrogen and oxygen atoms in total. The van der Waals surface area contributed by atoms with Crippen molar-refractivity contribution in [2.24, 2.45) is 0 Å². The highest BCUT2D eigenvalue weighted by Crippen LogP contribution is 2.20. The molecule has 1 amide bonds. The molecule has 0 aliphatic heterocycles. The molecule has 2 N–H and O–H groups in total. The van der Waals surface area contributed by atoms with E-state index in [0.717, 1.165) is 5.56 Å². The zero-order chi connectivity index (χ0) is 14.0. The van der Waals surface area contributed by atoms with Gasteiger partial charge in [0.2, 0.25) is 5.56 Å². The van der Waals surface area contributed by atoms with E-state index in [1.807, 2.05) is 6.92 Å². The maximum Gasteiger partial charge on any atom is 0.255 e. The van der Waals surface area contributed by atoms with Gasteiger partial charge in [-0.25, -0.2) is 0 Å². The average Bonchev–Trinajstić information content (AvgIpc) is 2.31. The number of benzene rings is 1. The SMILES string of the molecule is Cc1cc(C(=O)Nc2ccc(Cl)cc2C)cc(=O)[nH]1. The van der Waals surface area contributed by atoms with E-state index in [9.17, 15) is 9.59 Å². The van der Waals surface area contributed by atoms with E-state index < -0.39 is 0 Å². The van der Waals surface area contributed by atoms with Crippen molar-refractivity contribution in [3.8, 4) is 0 Å². The van der Waals surface area contributed by atoms with Gasteiger partial charge in [-0.2, -0.15) is 0 Å². The maximum atomic E-state index is 12.1. The van der Waals surface area contributed by atoms with Crippen molar-refractivity contribution >= 4 is 23.2 Å². The molecule has 0 aliphatic carbocycles. The highest BCUT2D eigenvalue weighted by atomic mass is 35.5. The highest BCUT2D eigenvalue weighted by Gasteiger charge is 2.09. The summed E-state index contributed by atoms with van der Waals surface area (Å²) in [4.78, 5) is 26.0. The maximum absolute atomic E-state index is 12.1. The monoisotopic (exact) mass is 276 g/mol. The number of hydrogen-bond acceptors (Lipinski definition) is 2. The van der Waals surface area contributed by atoms with E-state index in [2.05, 4.69) is 10.3 Å². The van der Waals surface area contributed by atoms with Crippen LogP contribution in [0.5, 0.6) is 0 Å². The number of pyridine rings is 1. The van der Waals surface area contributed by atoms with Crippen molar-refractivity contribution in [2.75, 3.05) is 5.32 Å². The van der Waals surface area contributed by atoms with Crippen LogP contribution in [-0.4, -0.2) is 10.9 Å². The number of H-pyrrole nitrogens is 1. The van der Waals surface area contributed by atoms with E-state index in [-0.39, 0.29) is 11.5 Å². The third-order valence-corrected chi connectivity index (χ3v) is 2.91. The summed E-state index contributed by atoms with van der Waals surface area (Å²) in [6.45, 7) is 3.58. The lowest BCUT2D eigenvalue weighted by molar-refractivity contribution is 0.102. The molecule has 2 rings (SSSR count). The molecule has 0 saturated heterocycles. The predicted octanol–water partition coefficient (Wildman–Crippen LogP) is 2.90. The van der Waals surface area contributed by atoms with E-state index in [1.54, 1.807) is 31.2 Å². The molecule has 1 aromatic carbocycles. The fourth-order valence-electron chi connectivity index (χ4n) is 1.78. The largest absolute Gasteiger partial charge is 0.326 e. The van der Waals surface area contributed by atoms with Gasteiger partial charge in [-0.15, -0.1) is 0 Å².